The molecule has 0 saturated carbocycles. The van der Waals surface area contributed by atoms with Crippen LogP contribution in [-0.4, -0.2) is 38.5 Å². The molecule has 0 aliphatic carbocycles. The lowest BCUT2D eigenvalue weighted by Gasteiger charge is -2.38. The van der Waals surface area contributed by atoms with Gasteiger partial charge in [0.15, 0.2) is 0 Å². The molecule has 1 rings (SSSR count). The van der Waals surface area contributed by atoms with Gasteiger partial charge in [-0.05, 0) is 20.8 Å². The Morgan fingerprint density at radius 3 is 2.43 bits per heavy atom. The van der Waals surface area contributed by atoms with E-state index in [1.807, 2.05) is 0 Å². The van der Waals surface area contributed by atoms with Crippen LogP contribution in [-0.2, 0) is 9.47 Å². The molecule has 1 fully saturated rings. The summed E-state index contributed by atoms with van der Waals surface area (Å²) in [6, 6.07) is 0. The zero-order chi connectivity index (χ0) is 10.7. The number of hydrogen-bond acceptors (Lipinski definition) is 3. The first-order valence-corrected chi connectivity index (χ1v) is 5.34. The Labute approximate surface area is 87.2 Å². The molecular weight excluding hydrogens is 178 g/mol. The molecule has 1 saturated heterocycles. The van der Waals surface area contributed by atoms with E-state index in [0.29, 0.717) is 5.41 Å². The van der Waals surface area contributed by atoms with Gasteiger partial charge >= 0.3 is 0 Å². The summed E-state index contributed by atoms with van der Waals surface area (Å²) in [5.41, 5.74) is 0.340. The van der Waals surface area contributed by atoms with Crippen LogP contribution in [0.3, 0.4) is 0 Å². The molecule has 84 valence electrons. The topological polar surface area (TPSA) is 30.5 Å². The summed E-state index contributed by atoms with van der Waals surface area (Å²) in [6.07, 6.45) is 0. The molecule has 0 amide bonds. The van der Waals surface area contributed by atoms with E-state index in [1.165, 1.54) is 0 Å². The van der Waals surface area contributed by atoms with E-state index in [1.54, 1.807) is 0 Å². The predicted molar refractivity (Wildman–Crippen MR) is 57.5 cm³/mol. The van der Waals surface area contributed by atoms with Crippen LogP contribution in [0.4, 0.5) is 0 Å². The van der Waals surface area contributed by atoms with Crippen molar-refractivity contribution in [3.05, 3.63) is 0 Å². The van der Waals surface area contributed by atoms with Gasteiger partial charge in [0.2, 0.25) is 0 Å². The molecule has 0 unspecified atom stereocenters. The Hall–Kier alpha value is -0.120. The summed E-state index contributed by atoms with van der Waals surface area (Å²) >= 11 is 0. The lowest BCUT2D eigenvalue weighted by molar-refractivity contribution is -0.0998. The fourth-order valence-electron chi connectivity index (χ4n) is 1.37. The second-order valence-corrected chi connectivity index (χ2v) is 5.44. The molecule has 1 aliphatic heterocycles. The lowest BCUT2D eigenvalue weighted by Crippen LogP contribution is -2.47. The van der Waals surface area contributed by atoms with Crippen molar-refractivity contribution in [2.24, 2.45) is 5.41 Å². The van der Waals surface area contributed by atoms with E-state index in [4.69, 9.17) is 9.47 Å². The van der Waals surface area contributed by atoms with E-state index < -0.39 is 0 Å². The Morgan fingerprint density at radius 2 is 2.00 bits per heavy atom. The maximum atomic E-state index is 5.60. The highest BCUT2D eigenvalue weighted by Crippen LogP contribution is 2.24. The third-order valence-corrected chi connectivity index (χ3v) is 2.27. The molecule has 0 bridgehead atoms. The fraction of sp³-hybridized carbons (Fsp3) is 1.00. The molecular formula is C11H23NO2. The minimum Gasteiger partial charge on any atom is -0.380 e. The van der Waals surface area contributed by atoms with Gasteiger partial charge in [-0.3, -0.25) is 0 Å². The first-order chi connectivity index (χ1) is 6.41. The van der Waals surface area contributed by atoms with Crippen molar-refractivity contribution in [1.82, 2.24) is 5.32 Å². The smallest absolute Gasteiger partial charge is 0.0599 e. The molecule has 0 aromatic rings. The standard InChI is InChI=1S/C11H23NO2/c1-10(2,3)14-6-5-12-7-11(4)8-13-9-11/h12H,5-9H2,1-4H3. The van der Waals surface area contributed by atoms with Gasteiger partial charge in [-0.15, -0.1) is 0 Å². The largest absolute Gasteiger partial charge is 0.380 e. The molecule has 14 heavy (non-hydrogen) atoms. The number of ether oxygens (including phenoxy) is 2. The molecule has 3 nitrogen and oxygen atoms in total. The van der Waals surface area contributed by atoms with Crippen LogP contribution in [0.1, 0.15) is 27.7 Å². The highest BCUT2D eigenvalue weighted by Gasteiger charge is 2.32. The summed E-state index contributed by atoms with van der Waals surface area (Å²) in [5.74, 6) is 0. The molecule has 1 N–H and O–H groups in total. The van der Waals surface area contributed by atoms with E-state index >= 15 is 0 Å². The van der Waals surface area contributed by atoms with E-state index in [-0.39, 0.29) is 5.60 Å². The van der Waals surface area contributed by atoms with Crippen LogP contribution in [0.15, 0.2) is 0 Å². The van der Waals surface area contributed by atoms with Crippen molar-refractivity contribution in [3.8, 4) is 0 Å². The summed E-state index contributed by atoms with van der Waals surface area (Å²) in [5, 5.41) is 3.40. The zero-order valence-corrected chi connectivity index (χ0v) is 9.85. The van der Waals surface area contributed by atoms with Crippen LogP contribution in [0.5, 0.6) is 0 Å². The Bertz CT molecular complexity index is 171. The van der Waals surface area contributed by atoms with E-state index in [0.717, 1.165) is 32.9 Å². The molecule has 0 aromatic heterocycles. The Kier molecular flexibility index (Phi) is 3.93. The molecule has 0 aromatic carbocycles. The highest BCUT2D eigenvalue weighted by atomic mass is 16.5. The molecule has 0 atom stereocenters. The maximum Gasteiger partial charge on any atom is 0.0599 e. The van der Waals surface area contributed by atoms with Crippen molar-refractivity contribution < 1.29 is 9.47 Å². The monoisotopic (exact) mass is 201 g/mol. The van der Waals surface area contributed by atoms with Crippen LogP contribution in [0.25, 0.3) is 0 Å². The van der Waals surface area contributed by atoms with E-state index in [2.05, 4.69) is 33.0 Å². The normalized spacial score (nSPS) is 20.6. The van der Waals surface area contributed by atoms with Gasteiger partial charge < -0.3 is 14.8 Å². The zero-order valence-electron chi connectivity index (χ0n) is 9.85. The maximum absolute atomic E-state index is 5.60. The van der Waals surface area contributed by atoms with Gasteiger partial charge in [0.25, 0.3) is 0 Å². The summed E-state index contributed by atoms with van der Waals surface area (Å²) in [7, 11) is 0. The predicted octanol–water partition coefficient (Wildman–Crippen LogP) is 1.43. The quantitative estimate of drug-likeness (QED) is 0.683. The SMILES string of the molecule is CC1(CNCCOC(C)(C)C)COC1. The second-order valence-electron chi connectivity index (χ2n) is 5.44. The molecule has 3 heteroatoms. The number of rotatable bonds is 5. The fourth-order valence-corrected chi connectivity index (χ4v) is 1.37. The molecule has 0 radical (unpaired) electrons. The minimum absolute atomic E-state index is 0.0227. The van der Waals surface area contributed by atoms with Crippen molar-refractivity contribution in [2.75, 3.05) is 32.9 Å². The van der Waals surface area contributed by atoms with Crippen LogP contribution in [0, 0.1) is 5.41 Å². The van der Waals surface area contributed by atoms with Crippen LogP contribution >= 0.6 is 0 Å². The van der Waals surface area contributed by atoms with Gasteiger partial charge in [0, 0.05) is 18.5 Å². The molecule has 0 spiro atoms. The summed E-state index contributed by atoms with van der Waals surface area (Å²) in [6.45, 7) is 13.0. The van der Waals surface area contributed by atoms with Crippen molar-refractivity contribution in [2.45, 2.75) is 33.3 Å². The van der Waals surface area contributed by atoms with Crippen molar-refractivity contribution >= 4 is 0 Å². The van der Waals surface area contributed by atoms with Crippen molar-refractivity contribution in [3.63, 3.8) is 0 Å². The van der Waals surface area contributed by atoms with Crippen LogP contribution in [0.2, 0.25) is 0 Å². The number of nitrogens with one attached hydrogen (secondary N) is 1. The van der Waals surface area contributed by atoms with Crippen LogP contribution < -0.4 is 5.32 Å². The highest BCUT2D eigenvalue weighted by molar-refractivity contribution is 4.82. The van der Waals surface area contributed by atoms with Gasteiger partial charge in [0.05, 0.1) is 25.4 Å². The lowest BCUT2D eigenvalue weighted by atomic mass is 9.89. The average Bonchev–Trinajstić information content (AvgIpc) is 1.98. The number of hydrogen-bond donors (Lipinski definition) is 1. The minimum atomic E-state index is -0.0227. The second kappa shape index (κ2) is 4.60. The first-order valence-electron chi connectivity index (χ1n) is 5.34. The van der Waals surface area contributed by atoms with E-state index in [9.17, 15) is 0 Å². The van der Waals surface area contributed by atoms with Gasteiger partial charge in [-0.25, -0.2) is 0 Å². The van der Waals surface area contributed by atoms with Gasteiger partial charge in [0.1, 0.15) is 0 Å². The summed E-state index contributed by atoms with van der Waals surface area (Å²) in [4.78, 5) is 0. The Balaban J connectivity index is 1.94. The van der Waals surface area contributed by atoms with Crippen molar-refractivity contribution in [1.29, 1.82) is 0 Å². The first kappa shape index (κ1) is 12.0. The van der Waals surface area contributed by atoms with Gasteiger partial charge in [-0.2, -0.15) is 0 Å². The van der Waals surface area contributed by atoms with Gasteiger partial charge in [-0.1, -0.05) is 6.92 Å². The average molecular weight is 201 g/mol. The summed E-state index contributed by atoms with van der Waals surface area (Å²) < 4.78 is 10.8. The molecule has 1 heterocycles. The third-order valence-electron chi connectivity index (χ3n) is 2.27. The molecule has 1 aliphatic rings. The third kappa shape index (κ3) is 4.40. The Morgan fingerprint density at radius 1 is 1.36 bits per heavy atom.